The van der Waals surface area contributed by atoms with Gasteiger partial charge in [-0.2, -0.15) is 0 Å². The van der Waals surface area contributed by atoms with Gasteiger partial charge in [0.15, 0.2) is 0 Å². The van der Waals surface area contributed by atoms with Gasteiger partial charge in [-0.25, -0.2) is 0 Å². The molecule has 104 valence electrons. The van der Waals surface area contributed by atoms with Gasteiger partial charge in [0.2, 0.25) is 5.91 Å². The minimum absolute atomic E-state index is 0.188. The van der Waals surface area contributed by atoms with E-state index in [9.17, 15) is 4.79 Å². The molecule has 0 spiro atoms. The first-order chi connectivity index (χ1) is 9.10. The Hall–Kier alpha value is -1.06. The lowest BCUT2D eigenvalue weighted by Gasteiger charge is -2.36. The first-order valence-corrected chi connectivity index (χ1v) is 7.20. The molecular weight excluding hydrogens is 260 g/mol. The number of piperidine rings is 1. The summed E-state index contributed by atoms with van der Waals surface area (Å²) in [5.74, 6) is 1.24. The summed E-state index contributed by atoms with van der Waals surface area (Å²) in [6.45, 7) is 4.53. The van der Waals surface area contributed by atoms with E-state index in [1.165, 1.54) is 0 Å². The van der Waals surface area contributed by atoms with Crippen LogP contribution in [0.1, 0.15) is 18.9 Å². The fraction of sp³-hybridized carbons (Fsp3) is 0.533. The molecule has 1 aliphatic heterocycles. The SMILES string of the molecule is CC1CCN(C(=O)Cc2ccc(Cl)cc2)CC1CN. The maximum Gasteiger partial charge on any atom is 0.226 e. The molecule has 4 heteroatoms. The van der Waals surface area contributed by atoms with Gasteiger partial charge in [-0.15, -0.1) is 0 Å². The Morgan fingerprint density at radius 2 is 2.11 bits per heavy atom. The van der Waals surface area contributed by atoms with Crippen molar-refractivity contribution in [2.45, 2.75) is 19.8 Å². The molecule has 1 saturated heterocycles. The molecule has 3 nitrogen and oxygen atoms in total. The van der Waals surface area contributed by atoms with Crippen LogP contribution in [0.3, 0.4) is 0 Å². The van der Waals surface area contributed by atoms with Gasteiger partial charge in [0.05, 0.1) is 6.42 Å². The third-order valence-corrected chi connectivity index (χ3v) is 4.29. The fourth-order valence-corrected chi connectivity index (χ4v) is 2.70. The van der Waals surface area contributed by atoms with E-state index in [-0.39, 0.29) is 5.91 Å². The number of amides is 1. The van der Waals surface area contributed by atoms with Crippen molar-refractivity contribution in [3.05, 3.63) is 34.9 Å². The molecule has 1 aromatic carbocycles. The van der Waals surface area contributed by atoms with E-state index in [0.29, 0.717) is 29.8 Å². The van der Waals surface area contributed by atoms with Gasteiger partial charge in [0.1, 0.15) is 0 Å². The second kappa shape index (κ2) is 6.40. The third-order valence-electron chi connectivity index (χ3n) is 4.04. The van der Waals surface area contributed by atoms with E-state index < -0.39 is 0 Å². The Kier molecular flexibility index (Phi) is 4.83. The molecule has 1 aromatic rings. The predicted molar refractivity (Wildman–Crippen MR) is 78.1 cm³/mol. The van der Waals surface area contributed by atoms with Crippen LogP contribution in [0.2, 0.25) is 5.02 Å². The number of nitrogens with zero attached hydrogens (tertiary/aromatic N) is 1. The molecule has 1 fully saturated rings. The highest BCUT2D eigenvalue weighted by Gasteiger charge is 2.27. The Morgan fingerprint density at radius 1 is 1.42 bits per heavy atom. The van der Waals surface area contributed by atoms with E-state index >= 15 is 0 Å². The molecule has 0 aromatic heterocycles. The van der Waals surface area contributed by atoms with Crippen molar-refractivity contribution < 1.29 is 4.79 Å². The first kappa shape index (κ1) is 14.4. The second-order valence-corrected chi connectivity index (χ2v) is 5.84. The fourth-order valence-electron chi connectivity index (χ4n) is 2.57. The standard InChI is InChI=1S/C15H21ClN2O/c1-11-6-7-18(10-13(11)9-17)15(19)8-12-2-4-14(16)5-3-12/h2-5,11,13H,6-10,17H2,1H3. The highest BCUT2D eigenvalue weighted by atomic mass is 35.5. The number of hydrogen-bond acceptors (Lipinski definition) is 2. The molecule has 0 saturated carbocycles. The minimum atomic E-state index is 0.188. The summed E-state index contributed by atoms with van der Waals surface area (Å²) < 4.78 is 0. The minimum Gasteiger partial charge on any atom is -0.342 e. The summed E-state index contributed by atoms with van der Waals surface area (Å²) in [6.07, 6.45) is 1.50. The zero-order valence-corrected chi connectivity index (χ0v) is 12.1. The Bertz CT molecular complexity index is 432. The maximum absolute atomic E-state index is 12.3. The summed E-state index contributed by atoms with van der Waals surface area (Å²) in [6, 6.07) is 7.47. The number of nitrogens with two attached hydrogens (primary N) is 1. The molecule has 19 heavy (non-hydrogen) atoms. The van der Waals surface area contributed by atoms with E-state index in [0.717, 1.165) is 25.1 Å². The topological polar surface area (TPSA) is 46.3 Å². The van der Waals surface area contributed by atoms with Gasteiger partial charge in [-0.1, -0.05) is 30.7 Å². The summed E-state index contributed by atoms with van der Waals surface area (Å²) >= 11 is 5.84. The van der Waals surface area contributed by atoms with Crippen LogP contribution in [-0.4, -0.2) is 30.4 Å². The van der Waals surface area contributed by atoms with Crippen LogP contribution < -0.4 is 5.73 Å². The number of carbonyl (C=O) groups excluding carboxylic acids is 1. The third kappa shape index (κ3) is 3.71. The highest BCUT2D eigenvalue weighted by Crippen LogP contribution is 2.23. The van der Waals surface area contributed by atoms with Crippen LogP contribution in [-0.2, 0) is 11.2 Å². The molecule has 0 radical (unpaired) electrons. The largest absolute Gasteiger partial charge is 0.342 e. The van der Waals surface area contributed by atoms with Crippen LogP contribution in [0, 0.1) is 11.8 Å². The lowest BCUT2D eigenvalue weighted by atomic mass is 9.87. The van der Waals surface area contributed by atoms with Crippen LogP contribution in [0.5, 0.6) is 0 Å². The van der Waals surface area contributed by atoms with Gasteiger partial charge in [0, 0.05) is 18.1 Å². The van der Waals surface area contributed by atoms with Gasteiger partial charge < -0.3 is 10.6 Å². The highest BCUT2D eigenvalue weighted by molar-refractivity contribution is 6.30. The lowest BCUT2D eigenvalue weighted by molar-refractivity contribution is -0.132. The molecule has 2 unspecified atom stereocenters. The van der Waals surface area contributed by atoms with Gasteiger partial charge in [-0.3, -0.25) is 4.79 Å². The first-order valence-electron chi connectivity index (χ1n) is 6.82. The van der Waals surface area contributed by atoms with Gasteiger partial charge in [-0.05, 0) is 42.5 Å². The van der Waals surface area contributed by atoms with E-state index in [4.69, 9.17) is 17.3 Å². The van der Waals surface area contributed by atoms with Crippen molar-refractivity contribution >= 4 is 17.5 Å². The van der Waals surface area contributed by atoms with Gasteiger partial charge >= 0.3 is 0 Å². The van der Waals surface area contributed by atoms with Crippen molar-refractivity contribution in [2.75, 3.05) is 19.6 Å². The number of benzene rings is 1. The summed E-state index contributed by atoms with van der Waals surface area (Å²) in [5, 5.41) is 0.700. The zero-order valence-electron chi connectivity index (χ0n) is 11.3. The summed E-state index contributed by atoms with van der Waals surface area (Å²) in [4.78, 5) is 14.2. The zero-order chi connectivity index (χ0) is 13.8. The molecule has 2 rings (SSSR count). The van der Waals surface area contributed by atoms with Crippen molar-refractivity contribution in [3.63, 3.8) is 0 Å². The van der Waals surface area contributed by atoms with Crippen LogP contribution in [0.25, 0.3) is 0 Å². The lowest BCUT2D eigenvalue weighted by Crippen LogP contribution is -2.46. The number of likely N-dealkylation sites (tertiary alicyclic amines) is 1. The van der Waals surface area contributed by atoms with Gasteiger partial charge in [0.25, 0.3) is 0 Å². The average molecular weight is 281 g/mol. The van der Waals surface area contributed by atoms with Crippen LogP contribution in [0.4, 0.5) is 0 Å². The van der Waals surface area contributed by atoms with E-state index in [2.05, 4.69) is 6.92 Å². The molecule has 2 atom stereocenters. The van der Waals surface area contributed by atoms with Crippen molar-refractivity contribution in [1.29, 1.82) is 0 Å². The van der Waals surface area contributed by atoms with E-state index in [1.54, 1.807) is 0 Å². The Morgan fingerprint density at radius 3 is 2.74 bits per heavy atom. The number of hydrogen-bond donors (Lipinski definition) is 1. The van der Waals surface area contributed by atoms with E-state index in [1.807, 2.05) is 29.2 Å². The Balaban J connectivity index is 1.94. The quantitative estimate of drug-likeness (QED) is 0.924. The van der Waals surface area contributed by atoms with Crippen molar-refractivity contribution in [1.82, 2.24) is 4.90 Å². The smallest absolute Gasteiger partial charge is 0.226 e. The Labute approximate surface area is 119 Å². The number of halogens is 1. The summed E-state index contributed by atoms with van der Waals surface area (Å²) in [5.41, 5.74) is 6.78. The molecule has 0 aliphatic carbocycles. The number of rotatable bonds is 3. The van der Waals surface area contributed by atoms with Crippen LogP contribution >= 0.6 is 11.6 Å². The molecule has 0 bridgehead atoms. The molecule has 1 aliphatic rings. The predicted octanol–water partition coefficient (Wildman–Crippen LogP) is 2.33. The molecule has 1 amide bonds. The number of carbonyl (C=O) groups is 1. The molecule has 2 N–H and O–H groups in total. The second-order valence-electron chi connectivity index (χ2n) is 5.40. The van der Waals surface area contributed by atoms with Crippen molar-refractivity contribution in [3.8, 4) is 0 Å². The maximum atomic E-state index is 12.3. The normalized spacial score (nSPS) is 23.4. The van der Waals surface area contributed by atoms with Crippen LogP contribution in [0.15, 0.2) is 24.3 Å². The average Bonchev–Trinajstić information content (AvgIpc) is 2.42. The van der Waals surface area contributed by atoms with Crippen molar-refractivity contribution in [2.24, 2.45) is 17.6 Å². The monoisotopic (exact) mass is 280 g/mol. The summed E-state index contributed by atoms with van der Waals surface area (Å²) in [7, 11) is 0. The molecular formula is C15H21ClN2O. The molecule has 1 heterocycles.